The molecule has 0 aliphatic heterocycles. The first-order valence-corrected chi connectivity index (χ1v) is 5.60. The molecule has 0 saturated carbocycles. The summed E-state index contributed by atoms with van der Waals surface area (Å²) < 4.78 is 18.7. The highest BCUT2D eigenvalue weighted by molar-refractivity contribution is 9.09. The van der Waals surface area contributed by atoms with Gasteiger partial charge in [0, 0.05) is 10.9 Å². The third kappa shape index (κ3) is 3.39. The van der Waals surface area contributed by atoms with Crippen LogP contribution in [0.25, 0.3) is 0 Å². The highest BCUT2D eigenvalue weighted by Gasteiger charge is 2.16. The average Bonchev–Trinajstić information content (AvgIpc) is 2.17. The summed E-state index contributed by atoms with van der Waals surface area (Å²) >= 11 is 3.34. The maximum atomic E-state index is 13.2. The van der Waals surface area contributed by atoms with Crippen LogP contribution in [0.5, 0.6) is 0 Å². The Morgan fingerprint density at radius 2 is 2.00 bits per heavy atom. The van der Waals surface area contributed by atoms with E-state index in [-0.39, 0.29) is 11.4 Å². The van der Waals surface area contributed by atoms with Gasteiger partial charge in [0.25, 0.3) is 0 Å². The minimum Gasteiger partial charge on any atom is -0.370 e. The normalized spacial score (nSPS) is 11.7. The Hall–Kier alpha value is -0.410. The van der Waals surface area contributed by atoms with Gasteiger partial charge in [0.2, 0.25) is 0 Å². The van der Waals surface area contributed by atoms with Crippen molar-refractivity contribution in [3.05, 3.63) is 35.6 Å². The van der Waals surface area contributed by atoms with E-state index in [1.807, 2.05) is 19.9 Å². The molecular weight excluding hydrogens is 247 g/mol. The molecule has 0 radical (unpaired) electrons. The Bertz CT molecular complexity index is 299. The lowest BCUT2D eigenvalue weighted by Gasteiger charge is -2.22. The van der Waals surface area contributed by atoms with Crippen molar-refractivity contribution in [1.29, 1.82) is 0 Å². The number of halogens is 2. The molecule has 0 aliphatic carbocycles. The fourth-order valence-corrected chi connectivity index (χ4v) is 1.09. The van der Waals surface area contributed by atoms with E-state index in [9.17, 15) is 4.39 Å². The summed E-state index contributed by atoms with van der Waals surface area (Å²) in [4.78, 5) is 0. The third-order valence-electron chi connectivity index (χ3n) is 1.90. The van der Waals surface area contributed by atoms with Crippen molar-refractivity contribution in [3.8, 4) is 0 Å². The highest BCUT2D eigenvalue weighted by Crippen LogP contribution is 2.16. The van der Waals surface area contributed by atoms with Crippen LogP contribution in [-0.4, -0.2) is 10.9 Å². The minimum absolute atomic E-state index is 0.210. The van der Waals surface area contributed by atoms with Crippen molar-refractivity contribution in [2.75, 3.05) is 5.33 Å². The van der Waals surface area contributed by atoms with E-state index >= 15 is 0 Å². The second-order valence-electron chi connectivity index (χ2n) is 3.77. The number of alkyl halides is 1. The van der Waals surface area contributed by atoms with Crippen LogP contribution in [0.4, 0.5) is 4.39 Å². The molecule has 1 rings (SSSR count). The summed E-state index contributed by atoms with van der Waals surface area (Å²) in [5, 5.41) is 0.731. The van der Waals surface area contributed by atoms with E-state index in [1.54, 1.807) is 12.1 Å². The Labute approximate surface area is 92.4 Å². The number of hydrogen-bond acceptors (Lipinski definition) is 1. The van der Waals surface area contributed by atoms with Crippen LogP contribution in [0.2, 0.25) is 0 Å². The summed E-state index contributed by atoms with van der Waals surface area (Å²) in [6.07, 6.45) is 0. The molecule has 0 heterocycles. The maximum Gasteiger partial charge on any atom is 0.128 e. The van der Waals surface area contributed by atoms with Gasteiger partial charge >= 0.3 is 0 Å². The first kappa shape index (κ1) is 11.7. The molecule has 0 unspecified atom stereocenters. The van der Waals surface area contributed by atoms with Gasteiger partial charge in [-0.2, -0.15) is 0 Å². The predicted octanol–water partition coefficient (Wildman–Crippen LogP) is 3.52. The molecule has 0 aliphatic rings. The summed E-state index contributed by atoms with van der Waals surface area (Å²) in [6, 6.07) is 6.66. The Morgan fingerprint density at radius 1 is 1.36 bits per heavy atom. The van der Waals surface area contributed by atoms with Gasteiger partial charge < -0.3 is 4.74 Å². The summed E-state index contributed by atoms with van der Waals surface area (Å²) in [5.74, 6) is -0.210. The predicted molar refractivity (Wildman–Crippen MR) is 59.1 cm³/mol. The minimum atomic E-state index is -0.262. The third-order valence-corrected chi connectivity index (χ3v) is 3.25. The van der Waals surface area contributed by atoms with Crippen LogP contribution >= 0.6 is 15.9 Å². The largest absolute Gasteiger partial charge is 0.370 e. The van der Waals surface area contributed by atoms with Crippen molar-refractivity contribution in [2.45, 2.75) is 26.1 Å². The van der Waals surface area contributed by atoms with E-state index in [4.69, 9.17) is 4.74 Å². The Balaban J connectivity index is 2.58. The van der Waals surface area contributed by atoms with Crippen LogP contribution in [0.15, 0.2) is 24.3 Å². The number of benzene rings is 1. The molecule has 0 fully saturated rings. The lowest BCUT2D eigenvalue weighted by Crippen LogP contribution is -2.26. The molecule has 0 bridgehead atoms. The summed E-state index contributed by atoms with van der Waals surface area (Å²) in [5.41, 5.74) is 0.337. The lowest BCUT2D eigenvalue weighted by molar-refractivity contribution is -0.0115. The molecule has 0 saturated heterocycles. The van der Waals surface area contributed by atoms with Crippen LogP contribution in [0.1, 0.15) is 19.4 Å². The Kier molecular flexibility index (Phi) is 4.08. The van der Waals surface area contributed by atoms with Gasteiger partial charge in [0.15, 0.2) is 0 Å². The lowest BCUT2D eigenvalue weighted by atomic mass is 10.2. The molecule has 0 spiro atoms. The average molecular weight is 261 g/mol. The first-order chi connectivity index (χ1) is 6.55. The smallest absolute Gasteiger partial charge is 0.128 e. The summed E-state index contributed by atoms with van der Waals surface area (Å²) in [7, 11) is 0. The fraction of sp³-hybridized carbons (Fsp3) is 0.455. The molecule has 1 nitrogen and oxygen atoms in total. The molecule has 1 aromatic carbocycles. The van der Waals surface area contributed by atoms with Gasteiger partial charge in [-0.25, -0.2) is 4.39 Å². The molecule has 0 aromatic heterocycles. The summed E-state index contributed by atoms with van der Waals surface area (Å²) in [6.45, 7) is 4.23. The molecule has 1 aromatic rings. The van der Waals surface area contributed by atoms with Gasteiger partial charge in [-0.05, 0) is 19.9 Å². The number of rotatable bonds is 4. The van der Waals surface area contributed by atoms with Crippen LogP contribution in [0, 0.1) is 5.82 Å². The van der Waals surface area contributed by atoms with Crippen molar-refractivity contribution >= 4 is 15.9 Å². The van der Waals surface area contributed by atoms with Crippen LogP contribution in [-0.2, 0) is 11.3 Å². The maximum absolute atomic E-state index is 13.2. The fourth-order valence-electron chi connectivity index (χ4n) is 0.927. The van der Waals surface area contributed by atoms with E-state index in [0.717, 1.165) is 5.33 Å². The van der Waals surface area contributed by atoms with E-state index < -0.39 is 0 Å². The van der Waals surface area contributed by atoms with E-state index in [2.05, 4.69) is 15.9 Å². The van der Waals surface area contributed by atoms with Crippen molar-refractivity contribution < 1.29 is 9.13 Å². The van der Waals surface area contributed by atoms with Crippen LogP contribution < -0.4 is 0 Å². The molecule has 14 heavy (non-hydrogen) atoms. The van der Waals surface area contributed by atoms with Gasteiger partial charge in [0.1, 0.15) is 5.82 Å². The molecular formula is C11H14BrFO. The molecule has 0 N–H and O–H groups in total. The van der Waals surface area contributed by atoms with Crippen LogP contribution in [0.3, 0.4) is 0 Å². The van der Waals surface area contributed by atoms with Gasteiger partial charge in [-0.1, -0.05) is 34.1 Å². The monoisotopic (exact) mass is 260 g/mol. The second kappa shape index (κ2) is 4.89. The van der Waals surface area contributed by atoms with Crippen molar-refractivity contribution in [2.24, 2.45) is 0 Å². The molecule has 0 atom stereocenters. The highest BCUT2D eigenvalue weighted by atomic mass is 79.9. The SMILES string of the molecule is CC(C)(CBr)OCc1ccccc1F. The van der Waals surface area contributed by atoms with Gasteiger partial charge in [0.05, 0.1) is 12.2 Å². The number of hydrogen-bond donors (Lipinski definition) is 0. The van der Waals surface area contributed by atoms with E-state index in [1.165, 1.54) is 6.07 Å². The number of ether oxygens (including phenoxy) is 1. The molecule has 0 amide bonds. The molecule has 3 heteroatoms. The van der Waals surface area contributed by atoms with Gasteiger partial charge in [-0.15, -0.1) is 0 Å². The van der Waals surface area contributed by atoms with Crippen molar-refractivity contribution in [1.82, 2.24) is 0 Å². The topological polar surface area (TPSA) is 9.23 Å². The zero-order valence-corrected chi connectivity index (χ0v) is 9.97. The van der Waals surface area contributed by atoms with Crippen molar-refractivity contribution in [3.63, 3.8) is 0 Å². The first-order valence-electron chi connectivity index (χ1n) is 4.48. The quantitative estimate of drug-likeness (QED) is 0.753. The van der Waals surface area contributed by atoms with Gasteiger partial charge in [-0.3, -0.25) is 0 Å². The van der Waals surface area contributed by atoms with E-state index in [0.29, 0.717) is 12.2 Å². The standard InChI is InChI=1S/C11H14BrFO/c1-11(2,8-12)14-7-9-5-3-4-6-10(9)13/h3-6H,7-8H2,1-2H3. The molecule has 78 valence electrons. The zero-order valence-electron chi connectivity index (χ0n) is 8.39. The Morgan fingerprint density at radius 3 is 2.57 bits per heavy atom. The second-order valence-corrected chi connectivity index (χ2v) is 4.33. The zero-order chi connectivity index (χ0) is 10.6.